The number of ether oxygens (including phenoxy) is 2. The fourth-order valence-electron chi connectivity index (χ4n) is 6.93. The first-order chi connectivity index (χ1) is 18.2. The van der Waals surface area contributed by atoms with Gasteiger partial charge in [0.05, 0.1) is 30.8 Å². The molecule has 1 N–H and O–H groups in total. The van der Waals surface area contributed by atoms with Gasteiger partial charge in [0.25, 0.3) is 0 Å². The fourth-order valence-corrected chi connectivity index (χ4v) is 6.93. The average molecular weight is 533 g/mol. The molecule has 8 nitrogen and oxygen atoms in total. The molecule has 1 spiro atoms. The highest BCUT2D eigenvalue weighted by Gasteiger charge is 2.79. The van der Waals surface area contributed by atoms with E-state index < -0.39 is 41.1 Å². The van der Waals surface area contributed by atoms with Gasteiger partial charge >= 0.3 is 5.97 Å². The van der Waals surface area contributed by atoms with E-state index in [1.165, 1.54) is 0 Å². The van der Waals surface area contributed by atoms with Gasteiger partial charge in [-0.15, -0.1) is 13.2 Å². The van der Waals surface area contributed by atoms with E-state index in [1.54, 1.807) is 22.0 Å². The second-order valence-corrected chi connectivity index (χ2v) is 11.5. The summed E-state index contributed by atoms with van der Waals surface area (Å²) in [6.45, 7) is 16.4. The smallest absolute Gasteiger partial charge is 0.312 e. The van der Waals surface area contributed by atoms with E-state index >= 15 is 0 Å². The Balaban J connectivity index is 2.06. The number of hydrogen-bond donors (Lipinski definition) is 1. The predicted molar refractivity (Wildman–Crippen MR) is 146 cm³/mol. The van der Waals surface area contributed by atoms with Gasteiger partial charge in [0.2, 0.25) is 11.8 Å². The zero-order chi connectivity index (χ0) is 28.1. The minimum absolute atomic E-state index is 0.0935. The number of amides is 2. The number of unbranched alkanes of at least 4 members (excludes halogenated alkanes) is 3. The van der Waals surface area contributed by atoms with Gasteiger partial charge in [0.1, 0.15) is 17.6 Å². The molecule has 2 amide bonds. The first kappa shape index (κ1) is 30.4. The molecule has 8 heteroatoms. The van der Waals surface area contributed by atoms with Crippen LogP contribution in [0.4, 0.5) is 0 Å². The third-order valence-electron chi connectivity index (χ3n) is 8.91. The number of rotatable bonds is 16. The van der Waals surface area contributed by atoms with Crippen LogP contribution >= 0.6 is 0 Å². The maximum absolute atomic E-state index is 14.4. The number of hydrogen-bond acceptors (Lipinski definition) is 6. The monoisotopic (exact) mass is 532 g/mol. The summed E-state index contributed by atoms with van der Waals surface area (Å²) in [5, 5.41) is 10.4. The number of aliphatic hydroxyl groups excluding tert-OH is 1. The van der Waals surface area contributed by atoms with Crippen LogP contribution in [0.15, 0.2) is 25.3 Å². The quantitative estimate of drug-likeness (QED) is 0.184. The molecule has 6 atom stereocenters. The van der Waals surface area contributed by atoms with Gasteiger partial charge in [-0.1, -0.05) is 52.7 Å². The molecule has 3 aliphatic rings. The lowest BCUT2D eigenvalue weighted by Gasteiger charge is -2.40. The lowest BCUT2D eigenvalue weighted by molar-refractivity contribution is -0.164. The van der Waals surface area contributed by atoms with E-state index in [1.807, 2.05) is 20.8 Å². The van der Waals surface area contributed by atoms with Gasteiger partial charge < -0.3 is 24.4 Å². The normalized spacial score (nSPS) is 30.4. The lowest BCUT2D eigenvalue weighted by Crippen LogP contribution is -2.59. The predicted octanol–water partition coefficient (Wildman–Crippen LogP) is 3.87. The van der Waals surface area contributed by atoms with Crippen LogP contribution in [-0.4, -0.2) is 82.3 Å². The molecule has 3 fully saturated rings. The number of aliphatic hydroxyl groups is 1. The van der Waals surface area contributed by atoms with Gasteiger partial charge in [0.15, 0.2) is 0 Å². The average Bonchev–Trinajstić information content (AvgIpc) is 3.50. The molecule has 0 aromatic rings. The lowest BCUT2D eigenvalue weighted by atomic mass is 9.65. The third-order valence-corrected chi connectivity index (χ3v) is 8.91. The van der Waals surface area contributed by atoms with Crippen LogP contribution in [0.25, 0.3) is 0 Å². The molecule has 0 aromatic carbocycles. The molecular formula is C30H48N2O6. The minimum Gasteiger partial charge on any atom is -0.465 e. The van der Waals surface area contributed by atoms with Gasteiger partial charge in [-0.2, -0.15) is 0 Å². The van der Waals surface area contributed by atoms with E-state index in [0.717, 1.165) is 25.7 Å². The van der Waals surface area contributed by atoms with Gasteiger partial charge in [-0.25, -0.2) is 0 Å². The van der Waals surface area contributed by atoms with Crippen LogP contribution in [0, 0.1) is 17.8 Å². The number of nitrogens with zero attached hydrogens (tertiary/aromatic N) is 2. The zero-order valence-corrected chi connectivity index (χ0v) is 23.8. The molecule has 38 heavy (non-hydrogen) atoms. The first-order valence-electron chi connectivity index (χ1n) is 14.5. The number of esters is 1. The second kappa shape index (κ2) is 12.8. The summed E-state index contributed by atoms with van der Waals surface area (Å²) < 4.78 is 12.5. The summed E-state index contributed by atoms with van der Waals surface area (Å²) in [5.74, 6) is -2.60. The maximum atomic E-state index is 14.4. The summed E-state index contributed by atoms with van der Waals surface area (Å²) in [7, 11) is 0. The summed E-state index contributed by atoms with van der Waals surface area (Å²) >= 11 is 0. The Morgan fingerprint density at radius 1 is 1.21 bits per heavy atom. The topological polar surface area (TPSA) is 96.4 Å². The minimum atomic E-state index is -1.12. The Kier molecular flexibility index (Phi) is 10.2. The summed E-state index contributed by atoms with van der Waals surface area (Å²) in [6, 6.07) is -1.48. The van der Waals surface area contributed by atoms with Crippen molar-refractivity contribution in [3.63, 3.8) is 0 Å². The Labute approximate surface area is 228 Å². The van der Waals surface area contributed by atoms with Crippen molar-refractivity contribution in [3.8, 4) is 0 Å². The number of fused-ring (bicyclic) bond motifs is 1. The molecule has 3 heterocycles. The number of allylic oxidation sites excluding steroid dienone is 1. The van der Waals surface area contributed by atoms with Crippen molar-refractivity contribution < 1.29 is 29.0 Å². The number of likely N-dealkylation sites (tertiary alicyclic amines) is 1. The van der Waals surface area contributed by atoms with E-state index in [2.05, 4.69) is 20.1 Å². The number of carbonyl (C=O) groups is 3. The Hall–Kier alpha value is -2.19. The van der Waals surface area contributed by atoms with Crippen molar-refractivity contribution in [1.29, 1.82) is 0 Å². The van der Waals surface area contributed by atoms with Gasteiger partial charge in [0, 0.05) is 13.1 Å². The standard InChI is InChI=1S/C30H48N2O6/c1-7-11-13-18-31(17-9-3)27(35)25-30-16-15-29(10-4,38-30)24(28(36)37-19-14-12-8-2)23(30)26(34)32(25)22(20-33)21(5)6/h8-9,21-25,33H,2-3,7,10-20H2,1,4-6H3/t22-,23-,24+,25?,29-,30?/m0/s1. The summed E-state index contributed by atoms with van der Waals surface area (Å²) in [4.78, 5) is 45.6. The fraction of sp³-hybridized carbons (Fsp3) is 0.767. The SMILES string of the molecule is C=CCCCOC(=O)[C@H]1[C@H]2C(=O)N([C@@H](CO)C(C)C)C(C(=O)N(CC=C)CCCCC)C23CC[C@]1(CC)O3. The largest absolute Gasteiger partial charge is 0.465 e. The molecule has 3 aliphatic heterocycles. The molecule has 0 saturated carbocycles. The summed E-state index contributed by atoms with van der Waals surface area (Å²) in [5.41, 5.74) is -1.96. The molecule has 214 valence electrons. The molecule has 0 radical (unpaired) electrons. The maximum Gasteiger partial charge on any atom is 0.312 e. The highest BCUT2D eigenvalue weighted by Crippen LogP contribution is 2.65. The Morgan fingerprint density at radius 2 is 1.95 bits per heavy atom. The molecule has 2 unspecified atom stereocenters. The molecule has 3 rings (SSSR count). The number of carbonyl (C=O) groups excluding carboxylic acids is 3. The van der Waals surface area contributed by atoms with Gasteiger partial charge in [-0.3, -0.25) is 14.4 Å². The van der Waals surface area contributed by atoms with Crippen molar-refractivity contribution in [1.82, 2.24) is 9.80 Å². The van der Waals surface area contributed by atoms with Crippen LogP contribution < -0.4 is 0 Å². The molecule has 3 saturated heterocycles. The highest BCUT2D eigenvalue weighted by atomic mass is 16.6. The van der Waals surface area contributed by atoms with Crippen LogP contribution in [-0.2, 0) is 23.9 Å². The van der Waals surface area contributed by atoms with E-state index in [-0.39, 0.29) is 30.9 Å². The van der Waals surface area contributed by atoms with Crippen LogP contribution in [0.3, 0.4) is 0 Å². The van der Waals surface area contributed by atoms with Crippen molar-refractivity contribution >= 4 is 17.8 Å². The molecule has 0 aromatic heterocycles. The van der Waals surface area contributed by atoms with Crippen molar-refractivity contribution in [2.45, 2.75) is 102 Å². The second-order valence-electron chi connectivity index (χ2n) is 11.5. The van der Waals surface area contributed by atoms with Crippen LogP contribution in [0.5, 0.6) is 0 Å². The van der Waals surface area contributed by atoms with E-state index in [4.69, 9.17) is 9.47 Å². The third kappa shape index (κ3) is 5.18. The highest BCUT2D eigenvalue weighted by molar-refractivity contribution is 5.98. The van der Waals surface area contributed by atoms with Crippen LogP contribution in [0.1, 0.15) is 79.1 Å². The van der Waals surface area contributed by atoms with E-state index in [9.17, 15) is 19.5 Å². The first-order valence-corrected chi connectivity index (χ1v) is 14.5. The van der Waals surface area contributed by atoms with Crippen molar-refractivity contribution in [3.05, 3.63) is 25.3 Å². The molecule has 0 aliphatic carbocycles. The zero-order valence-electron chi connectivity index (χ0n) is 23.8. The van der Waals surface area contributed by atoms with E-state index in [0.29, 0.717) is 38.8 Å². The van der Waals surface area contributed by atoms with Crippen molar-refractivity contribution in [2.24, 2.45) is 17.8 Å². The molecular weight excluding hydrogens is 484 g/mol. The Morgan fingerprint density at radius 3 is 2.53 bits per heavy atom. The Bertz CT molecular complexity index is 890. The van der Waals surface area contributed by atoms with Crippen LogP contribution in [0.2, 0.25) is 0 Å². The van der Waals surface area contributed by atoms with Gasteiger partial charge in [-0.05, 0) is 44.4 Å². The molecule has 2 bridgehead atoms. The summed E-state index contributed by atoms with van der Waals surface area (Å²) in [6.07, 6.45) is 9.38. The van der Waals surface area contributed by atoms with Crippen molar-refractivity contribution in [2.75, 3.05) is 26.3 Å².